The maximum Gasteiger partial charge on any atom is 0.0247 e. The molecule has 88 valence electrons. The maximum atomic E-state index is 6.12. The minimum absolute atomic E-state index is 0.345. The van der Waals surface area contributed by atoms with Crippen molar-refractivity contribution in [3.63, 3.8) is 0 Å². The minimum atomic E-state index is 0.345. The molecular formula is C12H24N2S. The second kappa shape index (κ2) is 5.55. The van der Waals surface area contributed by atoms with Gasteiger partial charge in [-0.3, -0.25) is 4.90 Å². The van der Waals surface area contributed by atoms with Crippen molar-refractivity contribution in [2.75, 3.05) is 18.1 Å². The maximum absolute atomic E-state index is 6.12. The van der Waals surface area contributed by atoms with Gasteiger partial charge in [-0.1, -0.05) is 6.42 Å². The minimum Gasteiger partial charge on any atom is -0.327 e. The van der Waals surface area contributed by atoms with Crippen LogP contribution in [0.4, 0.5) is 0 Å². The largest absolute Gasteiger partial charge is 0.327 e. The zero-order valence-electron chi connectivity index (χ0n) is 9.82. The van der Waals surface area contributed by atoms with Crippen molar-refractivity contribution in [2.24, 2.45) is 5.73 Å². The van der Waals surface area contributed by atoms with Gasteiger partial charge in [0.25, 0.3) is 0 Å². The number of nitrogens with zero attached hydrogens (tertiary/aromatic N) is 1. The highest BCUT2D eigenvalue weighted by atomic mass is 32.2. The van der Waals surface area contributed by atoms with Gasteiger partial charge in [0.15, 0.2) is 0 Å². The van der Waals surface area contributed by atoms with E-state index in [0.717, 1.165) is 6.04 Å². The van der Waals surface area contributed by atoms with Crippen molar-refractivity contribution in [1.29, 1.82) is 0 Å². The molecule has 0 spiro atoms. The van der Waals surface area contributed by atoms with Crippen molar-refractivity contribution in [2.45, 2.75) is 57.2 Å². The van der Waals surface area contributed by atoms with Gasteiger partial charge in [0.2, 0.25) is 0 Å². The molecule has 15 heavy (non-hydrogen) atoms. The SMILES string of the molecule is CC(N)C1CCCCN1C1CCCSC1. The van der Waals surface area contributed by atoms with Gasteiger partial charge in [-0.25, -0.2) is 0 Å². The molecule has 2 heterocycles. The van der Waals surface area contributed by atoms with Gasteiger partial charge in [-0.15, -0.1) is 0 Å². The zero-order valence-corrected chi connectivity index (χ0v) is 10.6. The van der Waals surface area contributed by atoms with Crippen LogP contribution in [0, 0.1) is 0 Å². The van der Waals surface area contributed by atoms with E-state index in [0.29, 0.717) is 12.1 Å². The van der Waals surface area contributed by atoms with Crippen molar-refractivity contribution < 1.29 is 0 Å². The Bertz CT molecular complexity index is 190. The molecule has 0 aromatic carbocycles. The lowest BCUT2D eigenvalue weighted by atomic mass is 9.94. The Morgan fingerprint density at radius 3 is 2.80 bits per heavy atom. The van der Waals surface area contributed by atoms with E-state index in [-0.39, 0.29) is 0 Å². The van der Waals surface area contributed by atoms with E-state index in [1.54, 1.807) is 0 Å². The van der Waals surface area contributed by atoms with E-state index in [1.807, 2.05) is 0 Å². The third kappa shape index (κ3) is 2.89. The molecule has 0 aliphatic carbocycles. The summed E-state index contributed by atoms with van der Waals surface area (Å²) in [5, 5.41) is 0. The molecule has 2 aliphatic rings. The number of hydrogen-bond donors (Lipinski definition) is 1. The first-order chi connectivity index (χ1) is 7.29. The zero-order chi connectivity index (χ0) is 10.7. The molecule has 3 heteroatoms. The molecule has 2 N–H and O–H groups in total. The highest BCUT2D eigenvalue weighted by Crippen LogP contribution is 2.28. The summed E-state index contributed by atoms with van der Waals surface area (Å²) < 4.78 is 0. The van der Waals surface area contributed by atoms with E-state index in [9.17, 15) is 0 Å². The van der Waals surface area contributed by atoms with Crippen LogP contribution in [0.1, 0.15) is 39.0 Å². The first kappa shape index (κ1) is 11.7. The predicted molar refractivity (Wildman–Crippen MR) is 68.3 cm³/mol. The van der Waals surface area contributed by atoms with Gasteiger partial charge in [-0.05, 0) is 44.9 Å². The lowest BCUT2D eigenvalue weighted by Gasteiger charge is -2.44. The number of rotatable bonds is 2. The lowest BCUT2D eigenvalue weighted by molar-refractivity contribution is 0.0855. The second-order valence-electron chi connectivity index (χ2n) is 5.03. The van der Waals surface area contributed by atoms with Crippen molar-refractivity contribution in [3.05, 3.63) is 0 Å². The van der Waals surface area contributed by atoms with Crippen molar-refractivity contribution in [1.82, 2.24) is 4.90 Å². The third-order valence-electron chi connectivity index (χ3n) is 3.80. The highest BCUT2D eigenvalue weighted by molar-refractivity contribution is 7.99. The third-order valence-corrected chi connectivity index (χ3v) is 5.00. The Hall–Kier alpha value is 0.270. The molecule has 3 unspecified atom stereocenters. The molecule has 0 aromatic heterocycles. The molecule has 0 radical (unpaired) electrons. The number of piperidine rings is 1. The van der Waals surface area contributed by atoms with Gasteiger partial charge in [0, 0.05) is 23.9 Å². The standard InChI is InChI=1S/C12H24N2S/c1-10(13)12-6-2-3-7-14(12)11-5-4-8-15-9-11/h10-12H,2-9,13H2,1H3. The first-order valence-electron chi connectivity index (χ1n) is 6.38. The molecule has 0 bridgehead atoms. The van der Waals surface area contributed by atoms with Crippen LogP contribution >= 0.6 is 11.8 Å². The first-order valence-corrected chi connectivity index (χ1v) is 7.53. The van der Waals surface area contributed by atoms with Gasteiger partial charge in [0.05, 0.1) is 0 Å². The smallest absolute Gasteiger partial charge is 0.0247 e. The Morgan fingerprint density at radius 2 is 2.13 bits per heavy atom. The van der Waals surface area contributed by atoms with E-state index >= 15 is 0 Å². The molecule has 0 aromatic rings. The topological polar surface area (TPSA) is 29.3 Å². The molecule has 2 nitrogen and oxygen atoms in total. The average Bonchev–Trinajstić information content (AvgIpc) is 2.30. The summed E-state index contributed by atoms with van der Waals surface area (Å²) >= 11 is 2.13. The number of nitrogens with two attached hydrogens (primary N) is 1. The number of likely N-dealkylation sites (tertiary alicyclic amines) is 1. The Kier molecular flexibility index (Phi) is 4.35. The van der Waals surface area contributed by atoms with Crippen LogP contribution in [0.5, 0.6) is 0 Å². The normalized spacial score (nSPS) is 36.4. The van der Waals surface area contributed by atoms with E-state index < -0.39 is 0 Å². The lowest BCUT2D eigenvalue weighted by Crippen LogP contribution is -2.54. The van der Waals surface area contributed by atoms with Crippen LogP contribution in [0.3, 0.4) is 0 Å². The van der Waals surface area contributed by atoms with Crippen LogP contribution in [0.2, 0.25) is 0 Å². The Morgan fingerprint density at radius 1 is 1.27 bits per heavy atom. The van der Waals surface area contributed by atoms with Crippen LogP contribution in [-0.2, 0) is 0 Å². The highest BCUT2D eigenvalue weighted by Gasteiger charge is 2.31. The quantitative estimate of drug-likeness (QED) is 0.784. The predicted octanol–water partition coefficient (Wildman–Crippen LogP) is 2.08. The molecule has 2 saturated heterocycles. The van der Waals surface area contributed by atoms with Crippen LogP contribution in [0.25, 0.3) is 0 Å². The summed E-state index contributed by atoms with van der Waals surface area (Å²) in [7, 11) is 0. The second-order valence-corrected chi connectivity index (χ2v) is 6.18. The molecule has 0 saturated carbocycles. The summed E-state index contributed by atoms with van der Waals surface area (Å²) in [5.74, 6) is 2.70. The molecular weight excluding hydrogens is 204 g/mol. The van der Waals surface area contributed by atoms with E-state index in [2.05, 4.69) is 23.6 Å². The summed E-state index contributed by atoms with van der Waals surface area (Å²) in [4.78, 5) is 2.72. The van der Waals surface area contributed by atoms with E-state index in [1.165, 1.54) is 50.2 Å². The summed E-state index contributed by atoms with van der Waals surface area (Å²) in [6.07, 6.45) is 6.87. The van der Waals surface area contributed by atoms with E-state index in [4.69, 9.17) is 5.73 Å². The summed E-state index contributed by atoms with van der Waals surface area (Å²) in [6, 6.07) is 1.82. The summed E-state index contributed by atoms with van der Waals surface area (Å²) in [5.41, 5.74) is 6.12. The Labute approximate surface area is 98.0 Å². The summed E-state index contributed by atoms with van der Waals surface area (Å²) in [6.45, 7) is 3.47. The fourth-order valence-corrected chi connectivity index (χ4v) is 4.15. The average molecular weight is 228 g/mol. The molecule has 2 aliphatic heterocycles. The van der Waals surface area contributed by atoms with Crippen molar-refractivity contribution >= 4 is 11.8 Å². The van der Waals surface area contributed by atoms with Crippen LogP contribution in [0.15, 0.2) is 0 Å². The number of hydrogen-bond acceptors (Lipinski definition) is 3. The molecule has 2 rings (SSSR count). The molecule has 3 atom stereocenters. The monoisotopic (exact) mass is 228 g/mol. The van der Waals surface area contributed by atoms with Gasteiger partial charge >= 0.3 is 0 Å². The molecule has 0 amide bonds. The van der Waals surface area contributed by atoms with Crippen LogP contribution in [-0.4, -0.2) is 41.1 Å². The van der Waals surface area contributed by atoms with Gasteiger partial charge < -0.3 is 5.73 Å². The number of thioether (sulfide) groups is 1. The fraction of sp³-hybridized carbons (Fsp3) is 1.00. The van der Waals surface area contributed by atoms with Crippen LogP contribution < -0.4 is 5.73 Å². The molecule has 2 fully saturated rings. The van der Waals surface area contributed by atoms with Gasteiger partial charge in [0.1, 0.15) is 0 Å². The fourth-order valence-electron chi connectivity index (χ4n) is 2.98. The van der Waals surface area contributed by atoms with Gasteiger partial charge in [-0.2, -0.15) is 11.8 Å². The Balaban J connectivity index is 1.96. The van der Waals surface area contributed by atoms with Crippen molar-refractivity contribution in [3.8, 4) is 0 Å².